The molecular formula is C33H38O13. The molecule has 5 rings (SSSR count). The van der Waals surface area contributed by atoms with Crippen LogP contribution in [0.3, 0.4) is 0 Å². The summed E-state index contributed by atoms with van der Waals surface area (Å²) in [5.74, 6) is -2.66. The van der Waals surface area contributed by atoms with Gasteiger partial charge in [-0.25, -0.2) is 0 Å². The van der Waals surface area contributed by atoms with Gasteiger partial charge in [0, 0.05) is 29.5 Å². The molecule has 2 aromatic heterocycles. The molecule has 0 aliphatic carbocycles. The molecule has 5 atom stereocenters. The fraction of sp³-hybridized carbons (Fsp3) is 0.455. The van der Waals surface area contributed by atoms with Crippen LogP contribution in [0.4, 0.5) is 0 Å². The van der Waals surface area contributed by atoms with Crippen LogP contribution in [0.25, 0.3) is 33.3 Å². The minimum absolute atomic E-state index is 0.0471. The number of hydrogen-bond donors (Lipinski definition) is 7. The Hall–Kier alpha value is -4.14. The van der Waals surface area contributed by atoms with E-state index in [0.717, 1.165) is 44.2 Å². The molecule has 3 heterocycles. The molecule has 1 aliphatic rings. The number of phenolic OH excluding ortho intramolecular Hbond substituents is 3. The average molecular weight is 643 g/mol. The molecule has 0 bridgehead atoms. The summed E-state index contributed by atoms with van der Waals surface area (Å²) in [6.45, 7) is 1.38. The number of Topliss-reactive ketones (excluding diaryl/α,β-unsaturated/α-hetero) is 1. The van der Waals surface area contributed by atoms with E-state index in [-0.39, 0.29) is 51.4 Å². The molecule has 1 fully saturated rings. The number of hydrogen-bond acceptors (Lipinski definition) is 13. The highest BCUT2D eigenvalue weighted by Crippen LogP contribution is 2.43. The lowest BCUT2D eigenvalue weighted by molar-refractivity contribution is -0.277. The van der Waals surface area contributed by atoms with E-state index in [4.69, 9.17) is 18.3 Å². The van der Waals surface area contributed by atoms with Gasteiger partial charge in [-0.05, 0) is 18.6 Å². The third-order valence-corrected chi connectivity index (χ3v) is 8.25. The minimum atomic E-state index is -1.90. The molecule has 7 N–H and O–H groups in total. The van der Waals surface area contributed by atoms with Crippen LogP contribution in [0.2, 0.25) is 0 Å². The normalized spacial score (nSPS) is 21.6. The molecule has 0 saturated carbocycles. The van der Waals surface area contributed by atoms with Crippen molar-refractivity contribution in [1.82, 2.24) is 0 Å². The Bertz CT molecular complexity index is 1750. The molecule has 1 aliphatic heterocycles. The van der Waals surface area contributed by atoms with Crippen LogP contribution in [0.1, 0.15) is 68.6 Å². The first-order valence-corrected chi connectivity index (χ1v) is 15.3. The lowest BCUT2D eigenvalue weighted by Gasteiger charge is -2.39. The standard InChI is InChI=1S/C33H38O13/c1-2-3-4-5-6-7-8-9-19(36)18-15-43-31-20(37)11-10-17(24(18)31)30-32(27(40)25-21(38)12-16(35)13-22(25)44-30)46-33-29(42)28(41)26(39)23(14-34)45-33/h10-13,15,23,26,28-29,33-35,37-39,41-42H,2-9,14H2,1H3/t23-,26-,28+,29-,33-/m0/s1. The summed E-state index contributed by atoms with van der Waals surface area (Å²) in [4.78, 5) is 27.3. The molecule has 46 heavy (non-hydrogen) atoms. The first kappa shape index (κ1) is 33.2. The molecular weight excluding hydrogens is 604 g/mol. The summed E-state index contributed by atoms with van der Waals surface area (Å²) in [7, 11) is 0. The molecule has 13 nitrogen and oxygen atoms in total. The molecule has 1 saturated heterocycles. The zero-order chi connectivity index (χ0) is 33.1. The number of aliphatic hydroxyl groups excluding tert-OH is 4. The zero-order valence-electron chi connectivity index (χ0n) is 25.2. The number of fused-ring (bicyclic) bond motifs is 2. The molecule has 2 aromatic carbocycles. The van der Waals surface area contributed by atoms with E-state index in [1.54, 1.807) is 0 Å². The number of furan rings is 1. The smallest absolute Gasteiger partial charge is 0.239 e. The summed E-state index contributed by atoms with van der Waals surface area (Å²) >= 11 is 0. The van der Waals surface area contributed by atoms with Gasteiger partial charge in [0.1, 0.15) is 53.1 Å². The minimum Gasteiger partial charge on any atom is -0.508 e. The van der Waals surface area contributed by atoms with Gasteiger partial charge >= 0.3 is 0 Å². The molecule has 248 valence electrons. The number of aromatic hydroxyl groups is 3. The van der Waals surface area contributed by atoms with Crippen LogP contribution in [-0.2, 0) is 4.74 Å². The fourth-order valence-electron chi connectivity index (χ4n) is 5.74. The summed E-state index contributed by atoms with van der Waals surface area (Å²) in [5.41, 5.74) is -1.18. The van der Waals surface area contributed by atoms with E-state index < -0.39 is 65.4 Å². The Morgan fingerprint density at radius 1 is 0.891 bits per heavy atom. The predicted octanol–water partition coefficient (Wildman–Crippen LogP) is 3.83. The van der Waals surface area contributed by atoms with E-state index in [0.29, 0.717) is 6.42 Å². The SMILES string of the molecule is CCCCCCCCCC(=O)c1coc2c(O)ccc(-c3oc4cc(O)cc(O)c4c(=O)c3O[C@@H]3O[C@@H](CO)[C@H](O)[C@@H](O)[C@@H]3O)c12. The molecule has 0 radical (unpaired) electrons. The van der Waals surface area contributed by atoms with Crippen LogP contribution >= 0.6 is 0 Å². The number of benzene rings is 2. The Balaban J connectivity index is 1.61. The third kappa shape index (κ3) is 6.42. The summed E-state index contributed by atoms with van der Waals surface area (Å²) in [5, 5.41) is 71.8. The van der Waals surface area contributed by atoms with E-state index >= 15 is 0 Å². The molecule has 0 amide bonds. The van der Waals surface area contributed by atoms with Gasteiger partial charge in [-0.15, -0.1) is 0 Å². The first-order valence-electron chi connectivity index (χ1n) is 15.3. The van der Waals surface area contributed by atoms with Crippen molar-refractivity contribution in [2.24, 2.45) is 0 Å². The zero-order valence-corrected chi connectivity index (χ0v) is 25.2. The van der Waals surface area contributed by atoms with Crippen molar-refractivity contribution in [2.75, 3.05) is 6.61 Å². The number of phenols is 3. The van der Waals surface area contributed by atoms with Crippen LogP contribution in [0, 0.1) is 0 Å². The van der Waals surface area contributed by atoms with E-state index in [1.807, 2.05) is 0 Å². The van der Waals surface area contributed by atoms with E-state index in [1.165, 1.54) is 24.8 Å². The maximum absolute atomic E-state index is 13.9. The highest BCUT2D eigenvalue weighted by molar-refractivity contribution is 6.13. The molecule has 13 heteroatoms. The number of ether oxygens (including phenoxy) is 2. The number of aliphatic hydroxyl groups is 4. The van der Waals surface area contributed by atoms with Crippen LogP contribution in [-0.4, -0.2) is 78.8 Å². The Kier molecular flexibility index (Phi) is 10.2. The van der Waals surface area contributed by atoms with Crippen molar-refractivity contribution in [2.45, 2.75) is 89.0 Å². The molecule has 4 aromatic rings. The van der Waals surface area contributed by atoms with Gasteiger partial charge in [0.05, 0.1) is 12.2 Å². The van der Waals surface area contributed by atoms with Crippen LogP contribution < -0.4 is 10.2 Å². The van der Waals surface area contributed by atoms with Gasteiger partial charge in [0.15, 0.2) is 22.9 Å². The van der Waals surface area contributed by atoms with Gasteiger partial charge in [-0.1, -0.05) is 45.4 Å². The summed E-state index contributed by atoms with van der Waals surface area (Å²) < 4.78 is 22.9. The summed E-state index contributed by atoms with van der Waals surface area (Å²) in [6.07, 6.45) is -0.233. The maximum Gasteiger partial charge on any atom is 0.239 e. The second kappa shape index (κ2) is 14.1. The number of ketones is 1. The van der Waals surface area contributed by atoms with Crippen molar-refractivity contribution >= 4 is 27.7 Å². The number of rotatable bonds is 13. The third-order valence-electron chi connectivity index (χ3n) is 8.25. The molecule has 0 unspecified atom stereocenters. The van der Waals surface area contributed by atoms with Crippen molar-refractivity contribution in [1.29, 1.82) is 0 Å². The maximum atomic E-state index is 13.9. The first-order chi connectivity index (χ1) is 22.1. The predicted molar refractivity (Wildman–Crippen MR) is 164 cm³/mol. The van der Waals surface area contributed by atoms with Crippen LogP contribution in [0.15, 0.2) is 44.2 Å². The second-order valence-electron chi connectivity index (χ2n) is 11.5. The quantitative estimate of drug-likeness (QED) is 0.0815. The second-order valence-corrected chi connectivity index (χ2v) is 11.5. The van der Waals surface area contributed by atoms with Gasteiger partial charge in [-0.2, -0.15) is 0 Å². The number of carbonyl (C=O) groups excluding carboxylic acids is 1. The van der Waals surface area contributed by atoms with Crippen LogP contribution in [0.5, 0.6) is 23.0 Å². The van der Waals surface area contributed by atoms with E-state index in [2.05, 4.69) is 6.92 Å². The average Bonchev–Trinajstić information content (AvgIpc) is 3.48. The van der Waals surface area contributed by atoms with Crippen molar-refractivity contribution in [3.63, 3.8) is 0 Å². The van der Waals surface area contributed by atoms with Crippen molar-refractivity contribution in [3.05, 3.63) is 46.3 Å². The van der Waals surface area contributed by atoms with Crippen molar-refractivity contribution in [3.8, 4) is 34.3 Å². The monoisotopic (exact) mass is 642 g/mol. The van der Waals surface area contributed by atoms with Gasteiger partial charge in [0.2, 0.25) is 17.5 Å². The van der Waals surface area contributed by atoms with Crippen molar-refractivity contribution < 1.29 is 58.8 Å². The van der Waals surface area contributed by atoms with Gasteiger partial charge in [0.25, 0.3) is 0 Å². The van der Waals surface area contributed by atoms with E-state index in [9.17, 15) is 45.3 Å². The lowest BCUT2D eigenvalue weighted by Crippen LogP contribution is -2.60. The Labute approximate surface area is 262 Å². The largest absolute Gasteiger partial charge is 0.508 e. The lowest BCUT2D eigenvalue weighted by atomic mass is 9.97. The molecule has 0 spiro atoms. The Morgan fingerprint density at radius 2 is 1.61 bits per heavy atom. The number of unbranched alkanes of at least 4 members (excludes halogenated alkanes) is 6. The highest BCUT2D eigenvalue weighted by atomic mass is 16.7. The topological polar surface area (TPSA) is 220 Å². The highest BCUT2D eigenvalue weighted by Gasteiger charge is 2.45. The Morgan fingerprint density at radius 3 is 2.33 bits per heavy atom. The van der Waals surface area contributed by atoms with Gasteiger partial charge in [-0.3, -0.25) is 9.59 Å². The number of carbonyl (C=O) groups is 1. The van der Waals surface area contributed by atoms with Gasteiger partial charge < -0.3 is 54.1 Å². The summed E-state index contributed by atoms with van der Waals surface area (Å²) in [6, 6.07) is 4.58. The fourth-order valence-corrected chi connectivity index (χ4v) is 5.74.